The van der Waals surface area contributed by atoms with Crippen LogP contribution in [0.3, 0.4) is 0 Å². The Morgan fingerprint density at radius 3 is 2.03 bits per heavy atom. The molecule has 0 saturated carbocycles. The molecule has 0 heterocycles. The van der Waals surface area contributed by atoms with E-state index in [0.29, 0.717) is 11.4 Å². The van der Waals surface area contributed by atoms with Gasteiger partial charge in [-0.1, -0.05) is 24.3 Å². The second kappa shape index (κ2) is 9.06. The first-order valence-corrected chi connectivity index (χ1v) is 9.40. The van der Waals surface area contributed by atoms with E-state index in [1.807, 2.05) is 62.4 Å². The lowest BCUT2D eigenvalue weighted by molar-refractivity contribution is -0.120. The number of rotatable bonds is 6. The Kier molecular flexibility index (Phi) is 6.29. The van der Waals surface area contributed by atoms with Crippen LogP contribution in [0.25, 0.3) is 0 Å². The fraction of sp³-hybridized carbons (Fsp3) is 0.167. The molecule has 0 aliphatic heterocycles. The van der Waals surface area contributed by atoms with Crippen LogP contribution in [-0.4, -0.2) is 18.4 Å². The number of anilines is 2. The lowest BCUT2D eigenvalue weighted by Crippen LogP contribution is -2.36. The molecule has 0 aliphatic rings. The molecule has 0 aromatic heterocycles. The van der Waals surface area contributed by atoms with E-state index in [1.165, 1.54) is 11.8 Å². The van der Waals surface area contributed by atoms with Gasteiger partial charge in [-0.3, -0.25) is 9.59 Å². The molecular formula is C24H24N2O3. The maximum atomic E-state index is 12.5. The van der Waals surface area contributed by atoms with Crippen molar-refractivity contribution in [2.75, 3.05) is 16.8 Å². The van der Waals surface area contributed by atoms with Gasteiger partial charge in [0.15, 0.2) is 0 Å². The van der Waals surface area contributed by atoms with Crippen molar-refractivity contribution in [3.05, 3.63) is 83.9 Å². The molecule has 5 heteroatoms. The SMILES string of the molecule is CC(=O)N(CC(=O)Nc1cc(C)cc(C)c1)c1ccc(Oc2ccccc2)cc1. The van der Waals surface area contributed by atoms with E-state index in [2.05, 4.69) is 5.32 Å². The molecule has 0 saturated heterocycles. The average molecular weight is 388 g/mol. The minimum Gasteiger partial charge on any atom is -0.457 e. The minimum absolute atomic E-state index is 0.0682. The number of nitrogens with one attached hydrogen (secondary N) is 1. The van der Waals surface area contributed by atoms with Crippen molar-refractivity contribution in [1.82, 2.24) is 0 Å². The fourth-order valence-electron chi connectivity index (χ4n) is 3.09. The number of carbonyl (C=O) groups excluding carboxylic acids is 2. The van der Waals surface area contributed by atoms with Gasteiger partial charge in [-0.15, -0.1) is 0 Å². The van der Waals surface area contributed by atoms with Crippen LogP contribution < -0.4 is 15.0 Å². The Morgan fingerprint density at radius 1 is 0.862 bits per heavy atom. The van der Waals surface area contributed by atoms with Crippen molar-refractivity contribution in [3.63, 3.8) is 0 Å². The topological polar surface area (TPSA) is 58.6 Å². The van der Waals surface area contributed by atoms with E-state index in [9.17, 15) is 9.59 Å². The lowest BCUT2D eigenvalue weighted by atomic mass is 10.1. The standard InChI is InChI=1S/C24H24N2O3/c1-17-13-18(2)15-20(14-17)25-24(28)16-26(19(3)27)21-9-11-23(12-10-21)29-22-7-5-4-6-8-22/h4-15H,16H2,1-3H3,(H,25,28). The number of hydrogen-bond acceptors (Lipinski definition) is 3. The number of para-hydroxylation sites is 1. The largest absolute Gasteiger partial charge is 0.457 e. The first kappa shape index (κ1) is 20.1. The summed E-state index contributed by atoms with van der Waals surface area (Å²) in [6.45, 7) is 5.33. The van der Waals surface area contributed by atoms with E-state index in [-0.39, 0.29) is 18.4 Å². The fourth-order valence-corrected chi connectivity index (χ4v) is 3.09. The second-order valence-electron chi connectivity index (χ2n) is 6.94. The lowest BCUT2D eigenvalue weighted by Gasteiger charge is -2.21. The number of ether oxygens (including phenoxy) is 1. The number of hydrogen-bond donors (Lipinski definition) is 1. The summed E-state index contributed by atoms with van der Waals surface area (Å²) in [4.78, 5) is 26.1. The van der Waals surface area contributed by atoms with Crippen LogP contribution in [0.1, 0.15) is 18.1 Å². The molecule has 0 aliphatic carbocycles. The second-order valence-corrected chi connectivity index (χ2v) is 6.94. The molecule has 0 fully saturated rings. The van der Waals surface area contributed by atoms with Crippen molar-refractivity contribution in [2.24, 2.45) is 0 Å². The molecule has 3 aromatic rings. The number of benzene rings is 3. The molecule has 2 amide bonds. The van der Waals surface area contributed by atoms with Gasteiger partial charge in [0.05, 0.1) is 0 Å². The van der Waals surface area contributed by atoms with E-state index in [4.69, 9.17) is 4.74 Å². The van der Waals surface area contributed by atoms with Crippen LogP contribution in [-0.2, 0) is 9.59 Å². The molecule has 0 radical (unpaired) electrons. The molecular weight excluding hydrogens is 364 g/mol. The van der Waals surface area contributed by atoms with Crippen molar-refractivity contribution in [1.29, 1.82) is 0 Å². The summed E-state index contributed by atoms with van der Waals surface area (Å²) >= 11 is 0. The summed E-state index contributed by atoms with van der Waals surface area (Å²) < 4.78 is 5.77. The molecule has 5 nitrogen and oxygen atoms in total. The van der Waals surface area contributed by atoms with Gasteiger partial charge in [0, 0.05) is 18.3 Å². The Balaban J connectivity index is 1.69. The van der Waals surface area contributed by atoms with Crippen LogP contribution in [0.15, 0.2) is 72.8 Å². The summed E-state index contributed by atoms with van der Waals surface area (Å²) in [5.41, 5.74) is 3.49. The zero-order valence-corrected chi connectivity index (χ0v) is 16.8. The number of carbonyl (C=O) groups is 2. The maximum absolute atomic E-state index is 12.5. The van der Waals surface area contributed by atoms with Crippen LogP contribution in [0, 0.1) is 13.8 Å². The van der Waals surface area contributed by atoms with Crippen LogP contribution in [0.5, 0.6) is 11.5 Å². The van der Waals surface area contributed by atoms with Crippen LogP contribution in [0.2, 0.25) is 0 Å². The quantitative estimate of drug-likeness (QED) is 0.640. The van der Waals surface area contributed by atoms with Crippen molar-refractivity contribution in [2.45, 2.75) is 20.8 Å². The molecule has 148 valence electrons. The number of nitrogens with zero attached hydrogens (tertiary/aromatic N) is 1. The van der Waals surface area contributed by atoms with Gasteiger partial charge in [0.2, 0.25) is 11.8 Å². The number of aryl methyl sites for hydroxylation is 2. The zero-order valence-electron chi connectivity index (χ0n) is 16.8. The van der Waals surface area contributed by atoms with Gasteiger partial charge in [-0.25, -0.2) is 0 Å². The predicted molar refractivity (Wildman–Crippen MR) is 116 cm³/mol. The third-order valence-electron chi connectivity index (χ3n) is 4.31. The summed E-state index contributed by atoms with van der Waals surface area (Å²) in [7, 11) is 0. The van der Waals surface area contributed by atoms with Gasteiger partial charge < -0.3 is 15.0 Å². The molecule has 29 heavy (non-hydrogen) atoms. The average Bonchev–Trinajstić information content (AvgIpc) is 2.67. The van der Waals surface area contributed by atoms with E-state index in [1.54, 1.807) is 24.3 Å². The Morgan fingerprint density at radius 2 is 1.45 bits per heavy atom. The van der Waals surface area contributed by atoms with Gasteiger partial charge >= 0.3 is 0 Å². The molecule has 3 aromatic carbocycles. The normalized spacial score (nSPS) is 10.3. The molecule has 0 spiro atoms. The molecule has 3 rings (SSSR count). The van der Waals surface area contributed by atoms with E-state index in [0.717, 1.165) is 22.6 Å². The van der Waals surface area contributed by atoms with Crippen LogP contribution >= 0.6 is 0 Å². The first-order valence-electron chi connectivity index (χ1n) is 9.40. The van der Waals surface area contributed by atoms with Gasteiger partial charge in [0.25, 0.3) is 0 Å². The number of amides is 2. The highest BCUT2D eigenvalue weighted by Crippen LogP contribution is 2.24. The summed E-state index contributed by atoms with van der Waals surface area (Å²) in [6.07, 6.45) is 0. The maximum Gasteiger partial charge on any atom is 0.244 e. The molecule has 1 N–H and O–H groups in total. The van der Waals surface area contributed by atoms with Gasteiger partial charge in [-0.2, -0.15) is 0 Å². The monoisotopic (exact) mass is 388 g/mol. The summed E-state index contributed by atoms with van der Waals surface area (Å²) in [5, 5.41) is 2.87. The smallest absolute Gasteiger partial charge is 0.244 e. The van der Waals surface area contributed by atoms with E-state index >= 15 is 0 Å². The Labute approximate surface area is 170 Å². The van der Waals surface area contributed by atoms with Gasteiger partial charge in [0.1, 0.15) is 18.0 Å². The highest BCUT2D eigenvalue weighted by atomic mass is 16.5. The third-order valence-corrected chi connectivity index (χ3v) is 4.31. The minimum atomic E-state index is -0.255. The first-order chi connectivity index (χ1) is 13.9. The summed E-state index contributed by atoms with van der Waals surface area (Å²) in [6, 6.07) is 22.4. The van der Waals surface area contributed by atoms with Gasteiger partial charge in [-0.05, 0) is 73.5 Å². The molecule has 0 bridgehead atoms. The van der Waals surface area contributed by atoms with Crippen molar-refractivity contribution in [3.8, 4) is 11.5 Å². The van der Waals surface area contributed by atoms with Crippen molar-refractivity contribution >= 4 is 23.2 Å². The van der Waals surface area contributed by atoms with Crippen LogP contribution in [0.4, 0.5) is 11.4 Å². The molecule has 0 atom stereocenters. The highest BCUT2D eigenvalue weighted by molar-refractivity contribution is 6.01. The molecule has 0 unspecified atom stereocenters. The Bertz CT molecular complexity index is 978. The zero-order chi connectivity index (χ0) is 20.8. The Hall–Kier alpha value is -3.60. The van der Waals surface area contributed by atoms with Crippen molar-refractivity contribution < 1.29 is 14.3 Å². The summed E-state index contributed by atoms with van der Waals surface area (Å²) in [5.74, 6) is 0.923. The third kappa shape index (κ3) is 5.69. The predicted octanol–water partition coefficient (Wildman–Crippen LogP) is 5.09. The highest BCUT2D eigenvalue weighted by Gasteiger charge is 2.16. The van der Waals surface area contributed by atoms with E-state index < -0.39 is 0 Å².